The van der Waals surface area contributed by atoms with Gasteiger partial charge in [-0.1, -0.05) is 17.9 Å². The fourth-order valence-electron chi connectivity index (χ4n) is 4.69. The molecule has 192 valence electrons. The summed E-state index contributed by atoms with van der Waals surface area (Å²) >= 11 is 0. The number of nitrogens with zero attached hydrogens (tertiary/aromatic N) is 1. The summed E-state index contributed by atoms with van der Waals surface area (Å²) < 4.78 is 21.9. The predicted octanol–water partition coefficient (Wildman–Crippen LogP) is 0.242. The normalized spacial score (nSPS) is 20.0. The highest BCUT2D eigenvalue weighted by atomic mass is 16.5. The number of ether oxygens (including phenoxy) is 4. The fraction of sp³-hybridized carbons (Fsp3) is 0.407. The Morgan fingerprint density at radius 1 is 1.06 bits per heavy atom. The molecule has 9 heteroatoms. The van der Waals surface area contributed by atoms with Crippen molar-refractivity contribution in [2.45, 2.75) is 13.0 Å². The smallest absolute Gasteiger partial charge is 0.295 e. The molecule has 0 aromatic heterocycles. The van der Waals surface area contributed by atoms with Gasteiger partial charge >= 0.3 is 0 Å². The monoisotopic (exact) mass is 496 g/mol. The van der Waals surface area contributed by atoms with Gasteiger partial charge in [0.05, 0.1) is 53.2 Å². The molecule has 1 unspecified atom stereocenters. The number of methoxy groups -OCH3 is 2. The number of benzene rings is 2. The Bertz CT molecular complexity index is 1120. The molecule has 0 bridgehead atoms. The van der Waals surface area contributed by atoms with Crippen LogP contribution in [0.1, 0.15) is 24.1 Å². The van der Waals surface area contributed by atoms with E-state index < -0.39 is 23.5 Å². The Morgan fingerprint density at radius 3 is 2.39 bits per heavy atom. The van der Waals surface area contributed by atoms with Crippen LogP contribution in [0.15, 0.2) is 48.0 Å². The first-order valence-corrected chi connectivity index (χ1v) is 12.1. The summed E-state index contributed by atoms with van der Waals surface area (Å²) in [6.45, 7) is 6.27. The van der Waals surface area contributed by atoms with E-state index in [0.717, 1.165) is 13.1 Å². The Labute approximate surface area is 210 Å². The molecule has 2 heterocycles. The van der Waals surface area contributed by atoms with Crippen molar-refractivity contribution in [3.05, 3.63) is 59.2 Å². The molecule has 2 aliphatic heterocycles. The van der Waals surface area contributed by atoms with Crippen molar-refractivity contribution in [2.75, 3.05) is 60.2 Å². The second kappa shape index (κ2) is 11.5. The second-order valence-electron chi connectivity index (χ2n) is 8.65. The average Bonchev–Trinajstić information content (AvgIpc) is 3.17. The zero-order chi connectivity index (χ0) is 25.7. The number of nitrogens with one attached hydrogen (secondary N) is 1. The van der Waals surface area contributed by atoms with Crippen LogP contribution in [0.3, 0.4) is 0 Å². The highest BCUT2D eigenvalue weighted by Crippen LogP contribution is 2.43. The maximum atomic E-state index is 13.7. The Morgan fingerprint density at radius 2 is 1.75 bits per heavy atom. The molecule has 36 heavy (non-hydrogen) atoms. The number of carbonyl (C=O) groups is 2. The summed E-state index contributed by atoms with van der Waals surface area (Å²) in [6, 6.07) is 10.8. The molecule has 0 radical (unpaired) electrons. The molecule has 9 nitrogen and oxygen atoms in total. The van der Waals surface area contributed by atoms with Gasteiger partial charge in [0.25, 0.3) is 5.91 Å². The third-order valence-corrected chi connectivity index (χ3v) is 6.59. The van der Waals surface area contributed by atoms with Crippen LogP contribution < -0.4 is 24.2 Å². The van der Waals surface area contributed by atoms with Crippen molar-refractivity contribution in [1.82, 2.24) is 4.90 Å². The minimum Gasteiger partial charge on any atom is -0.872 e. The van der Waals surface area contributed by atoms with Gasteiger partial charge in [-0.2, -0.15) is 0 Å². The van der Waals surface area contributed by atoms with E-state index in [1.807, 2.05) is 6.92 Å². The number of carbonyl (C=O) groups excluding carboxylic acids is 2. The minimum atomic E-state index is -0.894. The van der Waals surface area contributed by atoms with Gasteiger partial charge in [-0.3, -0.25) is 9.59 Å². The molecule has 2 fully saturated rings. The third-order valence-electron chi connectivity index (χ3n) is 6.59. The average molecular weight is 497 g/mol. The Kier molecular flexibility index (Phi) is 8.12. The second-order valence-corrected chi connectivity index (χ2v) is 8.65. The highest BCUT2D eigenvalue weighted by Gasteiger charge is 2.45. The molecule has 4 rings (SSSR count). The summed E-state index contributed by atoms with van der Waals surface area (Å²) in [4.78, 5) is 29.4. The molecular formula is C27H32N2O7. The number of morpholine rings is 1. The molecule has 0 spiro atoms. The molecule has 1 atom stereocenters. The lowest BCUT2D eigenvalue weighted by molar-refractivity contribution is -0.907. The van der Waals surface area contributed by atoms with Crippen LogP contribution in [0, 0.1) is 0 Å². The van der Waals surface area contributed by atoms with E-state index in [1.54, 1.807) is 42.5 Å². The first-order valence-electron chi connectivity index (χ1n) is 12.1. The maximum absolute atomic E-state index is 13.7. The SMILES string of the molecule is CCOc1ccc(C([O-])=C2C(=O)C(=O)N(CC[NH+]3CCOCC3)C2c2cc(OC)ccc2OC)cc1. The van der Waals surface area contributed by atoms with Gasteiger partial charge in [0, 0.05) is 11.1 Å². The van der Waals surface area contributed by atoms with Crippen molar-refractivity contribution in [1.29, 1.82) is 0 Å². The summed E-state index contributed by atoms with van der Waals surface area (Å²) in [7, 11) is 3.05. The van der Waals surface area contributed by atoms with Crippen molar-refractivity contribution in [2.24, 2.45) is 0 Å². The van der Waals surface area contributed by atoms with Crippen LogP contribution in [0.2, 0.25) is 0 Å². The van der Waals surface area contributed by atoms with Crippen molar-refractivity contribution in [3.63, 3.8) is 0 Å². The number of quaternary nitrogens is 1. The molecule has 2 aromatic carbocycles. The van der Waals surface area contributed by atoms with Crippen LogP contribution in [-0.2, 0) is 14.3 Å². The van der Waals surface area contributed by atoms with Gasteiger partial charge in [-0.05, 0) is 42.8 Å². The number of hydrogen-bond donors (Lipinski definition) is 1. The van der Waals surface area contributed by atoms with Gasteiger partial charge in [0.2, 0.25) is 5.78 Å². The number of hydrogen-bond acceptors (Lipinski definition) is 7. The van der Waals surface area contributed by atoms with Crippen LogP contribution in [-0.4, -0.2) is 76.8 Å². The van der Waals surface area contributed by atoms with E-state index in [4.69, 9.17) is 18.9 Å². The molecule has 1 N–H and O–H groups in total. The van der Waals surface area contributed by atoms with E-state index in [0.29, 0.717) is 61.3 Å². The zero-order valence-corrected chi connectivity index (χ0v) is 20.9. The van der Waals surface area contributed by atoms with E-state index >= 15 is 0 Å². The van der Waals surface area contributed by atoms with Gasteiger partial charge in [-0.15, -0.1) is 0 Å². The van der Waals surface area contributed by atoms with E-state index in [-0.39, 0.29) is 5.57 Å². The lowest BCUT2D eigenvalue weighted by Gasteiger charge is -2.30. The number of likely N-dealkylation sites (tertiary alicyclic amines) is 1. The van der Waals surface area contributed by atoms with Gasteiger partial charge in [0.15, 0.2) is 0 Å². The van der Waals surface area contributed by atoms with E-state index in [9.17, 15) is 14.7 Å². The topological polar surface area (TPSA) is 102 Å². The Balaban J connectivity index is 1.79. The predicted molar refractivity (Wildman–Crippen MR) is 130 cm³/mol. The third kappa shape index (κ3) is 5.17. The lowest BCUT2D eigenvalue weighted by Crippen LogP contribution is -3.14. The van der Waals surface area contributed by atoms with Gasteiger partial charge in [-0.25, -0.2) is 0 Å². The highest BCUT2D eigenvalue weighted by molar-refractivity contribution is 6.46. The van der Waals surface area contributed by atoms with Crippen molar-refractivity contribution >= 4 is 17.4 Å². The number of rotatable bonds is 9. The van der Waals surface area contributed by atoms with Gasteiger partial charge in [0.1, 0.15) is 30.3 Å². The largest absolute Gasteiger partial charge is 0.872 e. The van der Waals surface area contributed by atoms with Crippen molar-refractivity contribution < 1.29 is 38.5 Å². The maximum Gasteiger partial charge on any atom is 0.295 e. The number of amides is 1. The van der Waals surface area contributed by atoms with Crippen molar-refractivity contribution in [3.8, 4) is 17.2 Å². The lowest BCUT2D eigenvalue weighted by atomic mass is 9.94. The van der Waals surface area contributed by atoms with Crippen LogP contribution in [0.25, 0.3) is 5.76 Å². The summed E-state index contributed by atoms with van der Waals surface area (Å²) in [6.07, 6.45) is 0. The number of Topliss-reactive ketones (excluding diaryl/α,β-unsaturated/α-hetero) is 1. The van der Waals surface area contributed by atoms with Crippen LogP contribution in [0.4, 0.5) is 0 Å². The summed E-state index contributed by atoms with van der Waals surface area (Å²) in [5, 5.41) is 13.7. The molecule has 2 aliphatic rings. The number of ketones is 1. The fourth-order valence-corrected chi connectivity index (χ4v) is 4.69. The Hall–Kier alpha value is -3.56. The van der Waals surface area contributed by atoms with Crippen LogP contribution in [0.5, 0.6) is 17.2 Å². The molecule has 0 aliphatic carbocycles. The molecule has 0 saturated carbocycles. The molecular weight excluding hydrogens is 464 g/mol. The van der Waals surface area contributed by atoms with E-state index in [2.05, 4.69) is 0 Å². The first-order chi connectivity index (χ1) is 17.5. The van der Waals surface area contributed by atoms with Crippen LogP contribution >= 0.6 is 0 Å². The van der Waals surface area contributed by atoms with E-state index in [1.165, 1.54) is 24.0 Å². The summed E-state index contributed by atoms with van der Waals surface area (Å²) in [5.41, 5.74) is 0.747. The summed E-state index contributed by atoms with van der Waals surface area (Å²) in [5.74, 6) is -0.359. The standard InChI is InChI=1S/C27H32N2O7/c1-4-36-19-7-5-18(6-8-19)25(30)23-24(21-17-20(33-2)9-10-22(21)34-3)29(27(32)26(23)31)12-11-28-13-15-35-16-14-28/h5-10,17,24,30H,4,11-16H2,1-3H3. The zero-order valence-electron chi connectivity index (χ0n) is 20.9. The first kappa shape index (κ1) is 25.5. The van der Waals surface area contributed by atoms with Gasteiger partial charge < -0.3 is 33.9 Å². The molecule has 2 saturated heterocycles. The molecule has 1 amide bonds. The minimum absolute atomic E-state index is 0.0901. The molecule has 2 aromatic rings. The quantitative estimate of drug-likeness (QED) is 0.302.